The molecule has 0 fully saturated rings. The number of benzene rings is 2. The van der Waals surface area contributed by atoms with Crippen molar-refractivity contribution < 1.29 is 4.39 Å². The lowest BCUT2D eigenvalue weighted by atomic mass is 10.1. The standard InChI is InChI=1S/C16H14ClFN2/c1-10-4-13(18)7-14(5-10)19-8-11-9-20-16-6-12(17)2-3-15(11)16/h2-7,9,19-20H,8H2,1H3. The number of hydrogen-bond donors (Lipinski definition) is 2. The van der Waals surface area contributed by atoms with Crippen LogP contribution in [0.1, 0.15) is 11.1 Å². The highest BCUT2D eigenvalue weighted by atomic mass is 35.5. The van der Waals surface area contributed by atoms with E-state index in [9.17, 15) is 4.39 Å². The normalized spacial score (nSPS) is 10.9. The zero-order valence-electron chi connectivity index (χ0n) is 11.0. The largest absolute Gasteiger partial charge is 0.381 e. The Morgan fingerprint density at radius 1 is 1.20 bits per heavy atom. The summed E-state index contributed by atoms with van der Waals surface area (Å²) in [5.74, 6) is -0.224. The Hall–Kier alpha value is -2.00. The molecule has 0 atom stereocenters. The first kappa shape index (κ1) is 13.0. The molecule has 3 rings (SSSR count). The minimum Gasteiger partial charge on any atom is -0.381 e. The van der Waals surface area contributed by atoms with E-state index in [2.05, 4.69) is 10.3 Å². The van der Waals surface area contributed by atoms with Gasteiger partial charge < -0.3 is 10.3 Å². The number of aromatic nitrogens is 1. The lowest BCUT2D eigenvalue weighted by Gasteiger charge is -2.07. The Bertz CT molecular complexity index is 744. The van der Waals surface area contributed by atoms with Crippen molar-refractivity contribution in [1.82, 2.24) is 4.98 Å². The predicted molar refractivity (Wildman–Crippen MR) is 81.8 cm³/mol. The molecule has 0 spiro atoms. The van der Waals surface area contributed by atoms with Gasteiger partial charge in [-0.05, 0) is 48.4 Å². The van der Waals surface area contributed by atoms with Crippen molar-refractivity contribution in [3.63, 3.8) is 0 Å². The van der Waals surface area contributed by atoms with Crippen LogP contribution in [0.2, 0.25) is 5.02 Å². The van der Waals surface area contributed by atoms with Gasteiger partial charge in [-0.25, -0.2) is 4.39 Å². The van der Waals surface area contributed by atoms with E-state index in [1.807, 2.05) is 37.4 Å². The third-order valence-corrected chi connectivity index (χ3v) is 3.49. The maximum absolute atomic E-state index is 13.3. The molecule has 2 N–H and O–H groups in total. The second-order valence-electron chi connectivity index (χ2n) is 4.87. The second kappa shape index (κ2) is 5.17. The first-order valence-corrected chi connectivity index (χ1v) is 6.76. The van der Waals surface area contributed by atoms with Crippen LogP contribution in [-0.4, -0.2) is 4.98 Å². The van der Waals surface area contributed by atoms with Gasteiger partial charge in [0.05, 0.1) is 0 Å². The summed E-state index contributed by atoms with van der Waals surface area (Å²) in [6, 6.07) is 10.7. The molecule has 0 aliphatic heterocycles. The van der Waals surface area contributed by atoms with Crippen LogP contribution >= 0.6 is 11.6 Å². The highest BCUT2D eigenvalue weighted by Gasteiger charge is 2.04. The molecule has 2 aromatic carbocycles. The molecule has 0 amide bonds. The van der Waals surface area contributed by atoms with Gasteiger partial charge in [0.2, 0.25) is 0 Å². The molecule has 0 saturated carbocycles. The van der Waals surface area contributed by atoms with Gasteiger partial charge in [0.1, 0.15) is 5.82 Å². The Kier molecular flexibility index (Phi) is 3.36. The topological polar surface area (TPSA) is 27.8 Å². The number of aryl methyl sites for hydroxylation is 1. The smallest absolute Gasteiger partial charge is 0.125 e. The fraction of sp³-hybridized carbons (Fsp3) is 0.125. The second-order valence-corrected chi connectivity index (χ2v) is 5.31. The van der Waals surface area contributed by atoms with Crippen molar-refractivity contribution in [3.05, 3.63) is 64.6 Å². The van der Waals surface area contributed by atoms with Gasteiger partial charge in [-0.3, -0.25) is 0 Å². The fourth-order valence-electron chi connectivity index (χ4n) is 2.34. The summed E-state index contributed by atoms with van der Waals surface area (Å²) < 4.78 is 13.3. The highest BCUT2D eigenvalue weighted by Crippen LogP contribution is 2.23. The number of rotatable bonds is 3. The summed E-state index contributed by atoms with van der Waals surface area (Å²) in [5, 5.41) is 5.07. The average molecular weight is 289 g/mol. The Balaban J connectivity index is 1.83. The molecule has 1 aromatic heterocycles. The highest BCUT2D eigenvalue weighted by molar-refractivity contribution is 6.31. The van der Waals surface area contributed by atoms with Gasteiger partial charge in [-0.15, -0.1) is 0 Å². The van der Waals surface area contributed by atoms with Crippen LogP contribution in [0, 0.1) is 12.7 Å². The van der Waals surface area contributed by atoms with Gasteiger partial charge in [0, 0.05) is 34.4 Å². The lowest BCUT2D eigenvalue weighted by Crippen LogP contribution is -1.99. The van der Waals surface area contributed by atoms with Crippen LogP contribution in [0.4, 0.5) is 10.1 Å². The van der Waals surface area contributed by atoms with E-state index in [1.165, 1.54) is 12.1 Å². The zero-order chi connectivity index (χ0) is 14.1. The average Bonchev–Trinajstić information content (AvgIpc) is 2.77. The van der Waals surface area contributed by atoms with E-state index in [0.29, 0.717) is 11.6 Å². The minimum atomic E-state index is -0.224. The summed E-state index contributed by atoms with van der Waals surface area (Å²) in [7, 11) is 0. The molecular formula is C16H14ClFN2. The summed E-state index contributed by atoms with van der Waals surface area (Å²) in [5.41, 5.74) is 3.81. The van der Waals surface area contributed by atoms with E-state index in [-0.39, 0.29) is 5.82 Å². The number of H-pyrrole nitrogens is 1. The number of aromatic amines is 1. The molecule has 0 unspecified atom stereocenters. The number of anilines is 1. The molecular weight excluding hydrogens is 275 g/mol. The van der Waals surface area contributed by atoms with Gasteiger partial charge in [-0.2, -0.15) is 0 Å². The Morgan fingerprint density at radius 3 is 2.85 bits per heavy atom. The quantitative estimate of drug-likeness (QED) is 0.706. The van der Waals surface area contributed by atoms with E-state index < -0.39 is 0 Å². The number of halogens is 2. The van der Waals surface area contributed by atoms with Crippen molar-refractivity contribution in [2.75, 3.05) is 5.32 Å². The van der Waals surface area contributed by atoms with Gasteiger partial charge in [0.25, 0.3) is 0 Å². The maximum atomic E-state index is 13.3. The van der Waals surface area contributed by atoms with Crippen molar-refractivity contribution in [3.8, 4) is 0 Å². The number of fused-ring (bicyclic) bond motifs is 1. The maximum Gasteiger partial charge on any atom is 0.125 e. The van der Waals surface area contributed by atoms with E-state index >= 15 is 0 Å². The van der Waals surface area contributed by atoms with Crippen LogP contribution in [0.5, 0.6) is 0 Å². The van der Waals surface area contributed by atoms with Crippen LogP contribution < -0.4 is 5.32 Å². The summed E-state index contributed by atoms with van der Waals surface area (Å²) in [6.45, 7) is 2.51. The molecule has 0 radical (unpaired) electrons. The van der Waals surface area contributed by atoms with Crippen molar-refractivity contribution in [2.45, 2.75) is 13.5 Å². The third-order valence-electron chi connectivity index (χ3n) is 3.25. The SMILES string of the molecule is Cc1cc(F)cc(NCc2c[nH]c3cc(Cl)ccc23)c1. The van der Waals surface area contributed by atoms with Gasteiger partial charge in [-0.1, -0.05) is 17.7 Å². The summed E-state index contributed by atoms with van der Waals surface area (Å²) in [4.78, 5) is 3.19. The molecule has 4 heteroatoms. The van der Waals surface area contributed by atoms with Crippen LogP contribution in [0.25, 0.3) is 10.9 Å². The molecule has 0 aliphatic rings. The lowest BCUT2D eigenvalue weighted by molar-refractivity contribution is 0.627. The monoisotopic (exact) mass is 288 g/mol. The zero-order valence-corrected chi connectivity index (χ0v) is 11.8. The molecule has 102 valence electrons. The van der Waals surface area contributed by atoms with Crippen LogP contribution in [-0.2, 0) is 6.54 Å². The van der Waals surface area contributed by atoms with Crippen molar-refractivity contribution >= 4 is 28.2 Å². The Labute approximate surface area is 121 Å². The van der Waals surface area contributed by atoms with E-state index in [4.69, 9.17) is 11.6 Å². The van der Waals surface area contributed by atoms with Gasteiger partial charge >= 0.3 is 0 Å². The number of nitrogens with one attached hydrogen (secondary N) is 2. The molecule has 0 saturated heterocycles. The molecule has 0 aliphatic carbocycles. The first-order valence-electron chi connectivity index (χ1n) is 6.38. The third kappa shape index (κ3) is 2.63. The molecule has 20 heavy (non-hydrogen) atoms. The first-order chi connectivity index (χ1) is 9.61. The van der Waals surface area contributed by atoms with Crippen LogP contribution in [0.3, 0.4) is 0 Å². The summed E-state index contributed by atoms with van der Waals surface area (Å²) in [6.07, 6.45) is 1.94. The molecule has 0 bridgehead atoms. The van der Waals surface area contributed by atoms with Crippen LogP contribution in [0.15, 0.2) is 42.6 Å². The molecule has 2 nitrogen and oxygen atoms in total. The summed E-state index contributed by atoms with van der Waals surface area (Å²) >= 11 is 5.96. The minimum absolute atomic E-state index is 0.224. The van der Waals surface area contributed by atoms with E-state index in [0.717, 1.165) is 27.7 Å². The Morgan fingerprint density at radius 2 is 2.05 bits per heavy atom. The van der Waals surface area contributed by atoms with E-state index in [1.54, 1.807) is 0 Å². The predicted octanol–water partition coefficient (Wildman–Crippen LogP) is 4.88. The number of hydrogen-bond acceptors (Lipinski definition) is 1. The van der Waals surface area contributed by atoms with Gasteiger partial charge in [0.15, 0.2) is 0 Å². The van der Waals surface area contributed by atoms with Crippen molar-refractivity contribution in [2.24, 2.45) is 0 Å². The fourth-order valence-corrected chi connectivity index (χ4v) is 2.51. The van der Waals surface area contributed by atoms with Crippen molar-refractivity contribution in [1.29, 1.82) is 0 Å². The molecule has 1 heterocycles. The molecule has 3 aromatic rings.